The molecule has 0 aliphatic heterocycles. The van der Waals surface area contributed by atoms with Crippen LogP contribution in [0.15, 0.2) is 24.3 Å². The summed E-state index contributed by atoms with van der Waals surface area (Å²) in [5.74, 6) is -2.67. The third-order valence-electron chi connectivity index (χ3n) is 4.18. The molecule has 144 valence electrons. The van der Waals surface area contributed by atoms with Gasteiger partial charge in [0.25, 0.3) is 5.91 Å². The van der Waals surface area contributed by atoms with Gasteiger partial charge in [0, 0.05) is 6.04 Å². The van der Waals surface area contributed by atoms with Gasteiger partial charge >= 0.3 is 0 Å². The summed E-state index contributed by atoms with van der Waals surface area (Å²) in [5, 5.41) is 9.51. The average molecular weight is 374 g/mol. The SMILES string of the molecule is C[C@H](NC(=O)CNC=O)C(=O)NCC(=O)C(=O)NC1Cc2ccccc2C1. The van der Waals surface area contributed by atoms with Crippen molar-refractivity contribution >= 4 is 29.9 Å². The lowest BCUT2D eigenvalue weighted by Gasteiger charge is -2.14. The Bertz CT molecular complexity index is 724. The monoisotopic (exact) mass is 374 g/mol. The molecule has 0 heterocycles. The maximum atomic E-state index is 12.0. The first kappa shape index (κ1) is 20.1. The number of fused-ring (bicyclic) bond motifs is 1. The highest BCUT2D eigenvalue weighted by Gasteiger charge is 2.25. The van der Waals surface area contributed by atoms with E-state index in [2.05, 4.69) is 21.3 Å². The van der Waals surface area contributed by atoms with Gasteiger partial charge < -0.3 is 21.3 Å². The van der Waals surface area contributed by atoms with Crippen LogP contribution in [0.2, 0.25) is 0 Å². The van der Waals surface area contributed by atoms with Crippen molar-refractivity contribution in [3.05, 3.63) is 35.4 Å². The van der Waals surface area contributed by atoms with Crippen LogP contribution in [-0.2, 0) is 36.8 Å². The summed E-state index contributed by atoms with van der Waals surface area (Å²) in [6.07, 6.45) is 1.70. The topological polar surface area (TPSA) is 133 Å². The number of carbonyl (C=O) groups excluding carboxylic acids is 5. The van der Waals surface area contributed by atoms with Crippen molar-refractivity contribution in [2.24, 2.45) is 0 Å². The van der Waals surface area contributed by atoms with Crippen molar-refractivity contribution in [3.63, 3.8) is 0 Å². The molecule has 0 aromatic heterocycles. The second-order valence-electron chi connectivity index (χ2n) is 6.28. The van der Waals surface area contributed by atoms with E-state index in [1.807, 2.05) is 24.3 Å². The molecule has 0 spiro atoms. The molecule has 0 saturated carbocycles. The number of amides is 4. The Morgan fingerprint density at radius 1 is 1.11 bits per heavy atom. The summed E-state index contributed by atoms with van der Waals surface area (Å²) in [6, 6.07) is 6.79. The third kappa shape index (κ3) is 5.91. The molecule has 0 fully saturated rings. The lowest BCUT2D eigenvalue weighted by atomic mass is 10.1. The molecule has 0 unspecified atom stereocenters. The van der Waals surface area contributed by atoms with Crippen LogP contribution in [0.25, 0.3) is 0 Å². The van der Waals surface area contributed by atoms with Gasteiger partial charge in [0.2, 0.25) is 24.0 Å². The minimum absolute atomic E-state index is 0.141. The highest BCUT2D eigenvalue weighted by atomic mass is 16.2. The Labute approximate surface area is 156 Å². The summed E-state index contributed by atoms with van der Waals surface area (Å²) in [7, 11) is 0. The van der Waals surface area contributed by atoms with Crippen LogP contribution >= 0.6 is 0 Å². The van der Waals surface area contributed by atoms with Gasteiger partial charge in [-0.25, -0.2) is 0 Å². The number of Topliss-reactive ketones (excluding diaryl/α,β-unsaturated/α-hetero) is 1. The first-order valence-corrected chi connectivity index (χ1v) is 8.55. The van der Waals surface area contributed by atoms with E-state index in [1.165, 1.54) is 6.92 Å². The molecule has 1 atom stereocenters. The van der Waals surface area contributed by atoms with E-state index in [4.69, 9.17) is 0 Å². The zero-order valence-corrected chi connectivity index (χ0v) is 14.9. The van der Waals surface area contributed by atoms with E-state index < -0.39 is 36.1 Å². The summed E-state index contributed by atoms with van der Waals surface area (Å²) < 4.78 is 0. The number of ketones is 1. The van der Waals surface area contributed by atoms with E-state index in [1.54, 1.807) is 0 Å². The van der Waals surface area contributed by atoms with Gasteiger partial charge in [-0.1, -0.05) is 24.3 Å². The Balaban J connectivity index is 1.72. The van der Waals surface area contributed by atoms with Crippen molar-refractivity contribution in [1.82, 2.24) is 21.3 Å². The average Bonchev–Trinajstić information content (AvgIpc) is 3.06. The van der Waals surface area contributed by atoms with Crippen LogP contribution in [-0.4, -0.2) is 55.1 Å². The molecule has 9 nitrogen and oxygen atoms in total. The van der Waals surface area contributed by atoms with Gasteiger partial charge in [-0.15, -0.1) is 0 Å². The molecule has 1 aliphatic rings. The van der Waals surface area contributed by atoms with E-state index in [9.17, 15) is 24.0 Å². The largest absolute Gasteiger partial charge is 0.350 e. The van der Waals surface area contributed by atoms with Gasteiger partial charge in [0.05, 0.1) is 13.1 Å². The number of hydrogen-bond donors (Lipinski definition) is 4. The van der Waals surface area contributed by atoms with Gasteiger partial charge in [0.15, 0.2) is 0 Å². The molecule has 27 heavy (non-hydrogen) atoms. The fraction of sp³-hybridized carbons (Fsp3) is 0.389. The molecule has 4 amide bonds. The molecule has 1 aliphatic carbocycles. The summed E-state index contributed by atoms with van der Waals surface area (Å²) in [5.41, 5.74) is 2.30. The molecule has 1 aromatic rings. The second-order valence-corrected chi connectivity index (χ2v) is 6.28. The van der Waals surface area contributed by atoms with E-state index >= 15 is 0 Å². The van der Waals surface area contributed by atoms with E-state index in [0.29, 0.717) is 19.3 Å². The van der Waals surface area contributed by atoms with Gasteiger partial charge in [-0.05, 0) is 30.9 Å². The lowest BCUT2D eigenvalue weighted by Crippen LogP contribution is -2.50. The predicted octanol–water partition coefficient (Wildman–Crippen LogP) is -1.79. The molecule has 0 saturated heterocycles. The van der Waals surface area contributed by atoms with Gasteiger partial charge in [0.1, 0.15) is 6.04 Å². The standard InChI is InChI=1S/C18H22N4O5/c1-11(21-16(25)9-19-10-23)17(26)20-8-15(24)18(27)22-14-6-12-4-2-3-5-13(12)7-14/h2-5,10-11,14H,6-9H2,1H3,(H,19,23)(H,20,26)(H,21,25)(H,22,27)/t11-/m0/s1. The number of nitrogens with one attached hydrogen (secondary N) is 4. The zero-order chi connectivity index (χ0) is 19.8. The third-order valence-corrected chi connectivity index (χ3v) is 4.18. The molecule has 0 radical (unpaired) electrons. The highest BCUT2D eigenvalue weighted by molar-refractivity contribution is 6.37. The molecular weight excluding hydrogens is 352 g/mol. The van der Waals surface area contributed by atoms with E-state index in [0.717, 1.165) is 11.1 Å². The molecule has 2 rings (SSSR count). The first-order chi connectivity index (χ1) is 12.9. The predicted molar refractivity (Wildman–Crippen MR) is 95.5 cm³/mol. The lowest BCUT2D eigenvalue weighted by molar-refractivity contribution is -0.138. The van der Waals surface area contributed by atoms with Crippen molar-refractivity contribution in [2.75, 3.05) is 13.1 Å². The Morgan fingerprint density at radius 2 is 1.74 bits per heavy atom. The Hall–Kier alpha value is -3.23. The van der Waals surface area contributed by atoms with Crippen LogP contribution in [0, 0.1) is 0 Å². The van der Waals surface area contributed by atoms with Crippen LogP contribution in [0.4, 0.5) is 0 Å². The number of benzene rings is 1. The molecule has 9 heteroatoms. The molecule has 4 N–H and O–H groups in total. The number of carbonyl (C=O) groups is 5. The van der Waals surface area contributed by atoms with Crippen molar-refractivity contribution in [2.45, 2.75) is 31.8 Å². The molecular formula is C18H22N4O5. The molecule has 0 bridgehead atoms. The second kappa shape index (κ2) is 9.46. The summed E-state index contributed by atoms with van der Waals surface area (Å²) >= 11 is 0. The fourth-order valence-electron chi connectivity index (χ4n) is 2.82. The van der Waals surface area contributed by atoms with Crippen LogP contribution in [0.1, 0.15) is 18.1 Å². The van der Waals surface area contributed by atoms with Crippen molar-refractivity contribution in [1.29, 1.82) is 0 Å². The Morgan fingerprint density at radius 3 is 2.33 bits per heavy atom. The Kier molecular flexibility index (Phi) is 7.04. The number of rotatable bonds is 9. The molecule has 1 aromatic carbocycles. The smallest absolute Gasteiger partial charge is 0.289 e. The normalized spacial score (nSPS) is 13.8. The quantitative estimate of drug-likeness (QED) is 0.299. The first-order valence-electron chi connectivity index (χ1n) is 8.55. The fourth-order valence-corrected chi connectivity index (χ4v) is 2.82. The van der Waals surface area contributed by atoms with E-state index in [-0.39, 0.29) is 12.6 Å². The van der Waals surface area contributed by atoms with Crippen LogP contribution < -0.4 is 21.3 Å². The van der Waals surface area contributed by atoms with Gasteiger partial charge in [-0.3, -0.25) is 24.0 Å². The highest BCUT2D eigenvalue weighted by Crippen LogP contribution is 2.21. The van der Waals surface area contributed by atoms with Crippen molar-refractivity contribution < 1.29 is 24.0 Å². The maximum absolute atomic E-state index is 12.0. The van der Waals surface area contributed by atoms with Crippen molar-refractivity contribution in [3.8, 4) is 0 Å². The van der Waals surface area contributed by atoms with Crippen LogP contribution in [0.3, 0.4) is 0 Å². The minimum Gasteiger partial charge on any atom is -0.350 e. The number of hydrogen-bond acceptors (Lipinski definition) is 5. The summed E-state index contributed by atoms with van der Waals surface area (Å²) in [6.45, 7) is 0.706. The maximum Gasteiger partial charge on any atom is 0.289 e. The zero-order valence-electron chi connectivity index (χ0n) is 14.9. The summed E-state index contributed by atoms with van der Waals surface area (Å²) in [4.78, 5) is 57.3. The van der Waals surface area contributed by atoms with Gasteiger partial charge in [-0.2, -0.15) is 0 Å². The van der Waals surface area contributed by atoms with Crippen LogP contribution in [0.5, 0.6) is 0 Å². The minimum atomic E-state index is -0.911.